The van der Waals surface area contributed by atoms with Crippen molar-refractivity contribution < 1.29 is 14.3 Å². The first kappa shape index (κ1) is 14.5. The van der Waals surface area contributed by atoms with E-state index in [0.29, 0.717) is 13.0 Å². The molecule has 2 amide bonds. The molecule has 0 aliphatic carbocycles. The SMILES string of the molecule is CCC(CC)N1C(=O)CC(NCC2CCCO2)C1=O. The van der Waals surface area contributed by atoms with Crippen LogP contribution in [0.25, 0.3) is 0 Å². The molecule has 2 fully saturated rings. The number of ether oxygens (including phenoxy) is 1. The maximum Gasteiger partial charge on any atom is 0.247 e. The van der Waals surface area contributed by atoms with Crippen molar-refractivity contribution in [2.45, 2.75) is 64.1 Å². The second-order valence-electron chi connectivity index (χ2n) is 5.37. The standard InChI is InChI=1S/C14H24N2O3/c1-3-10(4-2)16-13(17)8-12(14(16)18)15-9-11-6-5-7-19-11/h10-12,15H,3-9H2,1-2H3. The van der Waals surface area contributed by atoms with Gasteiger partial charge in [-0.1, -0.05) is 13.8 Å². The van der Waals surface area contributed by atoms with Crippen molar-refractivity contribution in [3.8, 4) is 0 Å². The first-order valence-electron chi connectivity index (χ1n) is 7.38. The third kappa shape index (κ3) is 3.15. The van der Waals surface area contributed by atoms with Gasteiger partial charge in [0.1, 0.15) is 0 Å². The molecule has 0 saturated carbocycles. The average molecular weight is 268 g/mol. The van der Waals surface area contributed by atoms with E-state index in [1.54, 1.807) is 0 Å². The summed E-state index contributed by atoms with van der Waals surface area (Å²) in [4.78, 5) is 25.7. The molecule has 108 valence electrons. The van der Waals surface area contributed by atoms with Crippen LogP contribution >= 0.6 is 0 Å². The fourth-order valence-electron chi connectivity index (χ4n) is 2.93. The predicted octanol–water partition coefficient (Wildman–Crippen LogP) is 1.07. The predicted molar refractivity (Wildman–Crippen MR) is 71.6 cm³/mol. The molecule has 0 radical (unpaired) electrons. The van der Waals surface area contributed by atoms with Gasteiger partial charge < -0.3 is 10.1 Å². The van der Waals surface area contributed by atoms with Crippen molar-refractivity contribution in [3.63, 3.8) is 0 Å². The fraction of sp³-hybridized carbons (Fsp3) is 0.857. The highest BCUT2D eigenvalue weighted by Crippen LogP contribution is 2.20. The second kappa shape index (κ2) is 6.48. The summed E-state index contributed by atoms with van der Waals surface area (Å²) in [6.07, 6.45) is 4.27. The Morgan fingerprint density at radius 1 is 1.37 bits per heavy atom. The van der Waals surface area contributed by atoms with E-state index >= 15 is 0 Å². The molecular formula is C14H24N2O3. The number of likely N-dealkylation sites (tertiary alicyclic amines) is 1. The van der Waals surface area contributed by atoms with Crippen molar-refractivity contribution in [1.29, 1.82) is 0 Å². The van der Waals surface area contributed by atoms with Crippen LogP contribution in [0.3, 0.4) is 0 Å². The van der Waals surface area contributed by atoms with Gasteiger partial charge in [0.15, 0.2) is 0 Å². The van der Waals surface area contributed by atoms with Crippen LogP contribution in [0.1, 0.15) is 46.0 Å². The molecule has 2 unspecified atom stereocenters. The highest BCUT2D eigenvalue weighted by atomic mass is 16.5. The van der Waals surface area contributed by atoms with E-state index < -0.39 is 0 Å². The molecule has 1 N–H and O–H groups in total. The van der Waals surface area contributed by atoms with Gasteiger partial charge in [-0.3, -0.25) is 14.5 Å². The topological polar surface area (TPSA) is 58.6 Å². The van der Waals surface area contributed by atoms with Crippen LogP contribution in [0.15, 0.2) is 0 Å². The summed E-state index contributed by atoms with van der Waals surface area (Å²) >= 11 is 0. The van der Waals surface area contributed by atoms with Crippen LogP contribution in [-0.2, 0) is 14.3 Å². The van der Waals surface area contributed by atoms with Gasteiger partial charge in [-0.05, 0) is 25.7 Å². The number of rotatable bonds is 6. The lowest BCUT2D eigenvalue weighted by atomic mass is 10.1. The monoisotopic (exact) mass is 268 g/mol. The number of imide groups is 1. The summed E-state index contributed by atoms with van der Waals surface area (Å²) in [5.41, 5.74) is 0. The van der Waals surface area contributed by atoms with Gasteiger partial charge in [-0.15, -0.1) is 0 Å². The van der Waals surface area contributed by atoms with Gasteiger partial charge in [0.05, 0.1) is 18.6 Å². The zero-order chi connectivity index (χ0) is 13.8. The van der Waals surface area contributed by atoms with Gasteiger partial charge in [0.25, 0.3) is 0 Å². The number of hydrogen-bond donors (Lipinski definition) is 1. The number of amides is 2. The van der Waals surface area contributed by atoms with Crippen LogP contribution in [0.5, 0.6) is 0 Å². The smallest absolute Gasteiger partial charge is 0.247 e. The summed E-state index contributed by atoms with van der Waals surface area (Å²) in [6, 6.07) is -0.299. The molecular weight excluding hydrogens is 244 g/mol. The highest BCUT2D eigenvalue weighted by molar-refractivity contribution is 6.05. The third-order valence-electron chi connectivity index (χ3n) is 4.11. The van der Waals surface area contributed by atoms with Crippen molar-refractivity contribution in [1.82, 2.24) is 10.2 Å². The van der Waals surface area contributed by atoms with E-state index in [1.807, 2.05) is 13.8 Å². The molecule has 0 aromatic carbocycles. The van der Waals surface area contributed by atoms with Gasteiger partial charge >= 0.3 is 0 Å². The lowest BCUT2D eigenvalue weighted by molar-refractivity contribution is -0.141. The van der Waals surface area contributed by atoms with Crippen LogP contribution in [0.4, 0.5) is 0 Å². The Bertz CT molecular complexity index is 336. The molecule has 2 atom stereocenters. The van der Waals surface area contributed by atoms with Crippen LogP contribution in [0.2, 0.25) is 0 Å². The molecule has 2 aliphatic rings. The van der Waals surface area contributed by atoms with Gasteiger partial charge in [-0.25, -0.2) is 0 Å². The number of nitrogens with one attached hydrogen (secondary N) is 1. The molecule has 5 heteroatoms. The molecule has 0 spiro atoms. The van der Waals surface area contributed by atoms with E-state index in [1.165, 1.54) is 4.90 Å². The summed E-state index contributed by atoms with van der Waals surface area (Å²) in [6.45, 7) is 5.51. The van der Waals surface area contributed by atoms with E-state index in [2.05, 4.69) is 5.32 Å². The number of nitrogens with zero attached hydrogens (tertiary/aromatic N) is 1. The van der Waals surface area contributed by atoms with Gasteiger partial charge in [0, 0.05) is 19.2 Å². The molecule has 5 nitrogen and oxygen atoms in total. The van der Waals surface area contributed by atoms with E-state index in [9.17, 15) is 9.59 Å². The molecule has 0 aromatic rings. The normalized spacial score (nSPS) is 27.8. The molecule has 2 rings (SSSR count). The molecule has 2 saturated heterocycles. The maximum atomic E-state index is 12.3. The first-order chi connectivity index (χ1) is 9.17. The Morgan fingerprint density at radius 3 is 2.68 bits per heavy atom. The fourth-order valence-corrected chi connectivity index (χ4v) is 2.93. The minimum atomic E-state index is -0.350. The third-order valence-corrected chi connectivity index (χ3v) is 4.11. The number of carbonyl (C=O) groups is 2. The summed E-state index contributed by atoms with van der Waals surface area (Å²) in [5.74, 6) is -0.0970. The second-order valence-corrected chi connectivity index (χ2v) is 5.37. The van der Waals surface area contributed by atoms with Crippen LogP contribution in [-0.4, -0.2) is 48.1 Å². The van der Waals surface area contributed by atoms with Crippen molar-refractivity contribution in [3.05, 3.63) is 0 Å². The van der Waals surface area contributed by atoms with E-state index in [4.69, 9.17) is 4.74 Å². The maximum absolute atomic E-state index is 12.3. The van der Waals surface area contributed by atoms with Crippen LogP contribution in [0, 0.1) is 0 Å². The zero-order valence-corrected chi connectivity index (χ0v) is 11.9. The average Bonchev–Trinajstić information content (AvgIpc) is 3.00. The molecule has 0 aromatic heterocycles. The van der Waals surface area contributed by atoms with Gasteiger partial charge in [-0.2, -0.15) is 0 Å². The quantitative estimate of drug-likeness (QED) is 0.732. The largest absolute Gasteiger partial charge is 0.377 e. The van der Waals surface area contributed by atoms with E-state index in [-0.39, 0.29) is 30.0 Å². The van der Waals surface area contributed by atoms with Gasteiger partial charge in [0.2, 0.25) is 11.8 Å². The summed E-state index contributed by atoms with van der Waals surface area (Å²) in [7, 11) is 0. The lowest BCUT2D eigenvalue weighted by Crippen LogP contribution is -2.45. The Labute approximate surface area is 114 Å². The number of hydrogen-bond acceptors (Lipinski definition) is 4. The molecule has 0 bridgehead atoms. The number of carbonyl (C=O) groups excluding carboxylic acids is 2. The highest BCUT2D eigenvalue weighted by Gasteiger charge is 2.41. The Kier molecular flexibility index (Phi) is 4.93. The molecule has 2 aliphatic heterocycles. The lowest BCUT2D eigenvalue weighted by Gasteiger charge is -2.24. The minimum Gasteiger partial charge on any atom is -0.377 e. The minimum absolute atomic E-state index is 0.0384. The molecule has 2 heterocycles. The van der Waals surface area contributed by atoms with Crippen molar-refractivity contribution in [2.24, 2.45) is 0 Å². The van der Waals surface area contributed by atoms with Crippen molar-refractivity contribution >= 4 is 11.8 Å². The van der Waals surface area contributed by atoms with Crippen LogP contribution < -0.4 is 5.32 Å². The van der Waals surface area contributed by atoms with E-state index in [0.717, 1.165) is 32.3 Å². The first-order valence-corrected chi connectivity index (χ1v) is 7.38. The summed E-state index contributed by atoms with van der Waals surface area (Å²) in [5, 5.41) is 3.20. The Hall–Kier alpha value is -0.940. The zero-order valence-electron chi connectivity index (χ0n) is 11.9. The molecule has 19 heavy (non-hydrogen) atoms. The Morgan fingerprint density at radius 2 is 2.11 bits per heavy atom. The summed E-state index contributed by atoms with van der Waals surface area (Å²) < 4.78 is 5.52. The van der Waals surface area contributed by atoms with Crippen molar-refractivity contribution in [2.75, 3.05) is 13.2 Å². The Balaban J connectivity index is 1.89.